The van der Waals surface area contributed by atoms with Crippen molar-refractivity contribution in [2.45, 2.75) is 31.9 Å². The lowest BCUT2D eigenvalue weighted by atomic mass is 10.1. The number of rotatable bonds is 4. The highest BCUT2D eigenvalue weighted by Gasteiger charge is 2.20. The highest BCUT2D eigenvalue weighted by Crippen LogP contribution is 2.17. The van der Waals surface area contributed by atoms with E-state index in [1.807, 2.05) is 24.3 Å². The monoisotopic (exact) mass is 326 g/mol. The van der Waals surface area contributed by atoms with Crippen LogP contribution in [-0.4, -0.2) is 31.1 Å². The molecule has 1 unspecified atom stereocenters. The van der Waals surface area contributed by atoms with E-state index in [0.717, 1.165) is 30.4 Å². The van der Waals surface area contributed by atoms with E-state index >= 15 is 0 Å². The Labute approximate surface area is 122 Å². The lowest BCUT2D eigenvalue weighted by Crippen LogP contribution is -2.49. The van der Waals surface area contributed by atoms with Gasteiger partial charge in [0.05, 0.1) is 0 Å². The summed E-state index contributed by atoms with van der Waals surface area (Å²) < 4.78 is 6.61. The zero-order valence-corrected chi connectivity index (χ0v) is 12.6. The zero-order valence-electron chi connectivity index (χ0n) is 11.0. The number of amides is 1. The minimum Gasteiger partial charge on any atom is -0.481 e. The average Bonchev–Trinajstić information content (AvgIpc) is 2.42. The molecule has 5 heteroatoms. The molecule has 0 aromatic heterocycles. The van der Waals surface area contributed by atoms with Crippen molar-refractivity contribution in [1.29, 1.82) is 0 Å². The van der Waals surface area contributed by atoms with Gasteiger partial charge in [0.15, 0.2) is 6.10 Å². The van der Waals surface area contributed by atoms with E-state index in [-0.39, 0.29) is 11.9 Å². The van der Waals surface area contributed by atoms with Crippen LogP contribution in [0.3, 0.4) is 0 Å². The number of carbonyl (C=O) groups is 1. The molecule has 1 aromatic rings. The second kappa shape index (κ2) is 6.91. The Kier molecular flexibility index (Phi) is 5.22. The molecule has 0 aliphatic carbocycles. The van der Waals surface area contributed by atoms with Gasteiger partial charge in [0.2, 0.25) is 0 Å². The molecule has 1 aliphatic rings. The fourth-order valence-electron chi connectivity index (χ4n) is 2.06. The predicted octanol–water partition coefficient (Wildman–Crippen LogP) is 2.08. The molecule has 2 rings (SSSR count). The highest BCUT2D eigenvalue weighted by molar-refractivity contribution is 9.10. The van der Waals surface area contributed by atoms with Gasteiger partial charge in [-0.15, -0.1) is 0 Å². The summed E-state index contributed by atoms with van der Waals surface area (Å²) in [4.78, 5) is 12.0. The van der Waals surface area contributed by atoms with E-state index in [0.29, 0.717) is 5.75 Å². The fourth-order valence-corrected chi connectivity index (χ4v) is 2.33. The van der Waals surface area contributed by atoms with Crippen molar-refractivity contribution in [3.05, 3.63) is 28.7 Å². The van der Waals surface area contributed by atoms with Crippen LogP contribution < -0.4 is 15.4 Å². The van der Waals surface area contributed by atoms with Gasteiger partial charge in [-0.05, 0) is 50.6 Å². The van der Waals surface area contributed by atoms with Gasteiger partial charge in [-0.1, -0.05) is 15.9 Å². The van der Waals surface area contributed by atoms with Crippen LogP contribution >= 0.6 is 15.9 Å². The SMILES string of the molecule is CC(Oc1ccc(Br)cc1)C(=O)N[C@H]1CCCNC1. The summed E-state index contributed by atoms with van der Waals surface area (Å²) in [6, 6.07) is 7.69. The number of benzene rings is 1. The largest absolute Gasteiger partial charge is 0.481 e. The van der Waals surface area contributed by atoms with Crippen LogP contribution in [0.2, 0.25) is 0 Å². The third-order valence-electron chi connectivity index (χ3n) is 3.14. The first-order valence-electron chi connectivity index (χ1n) is 6.58. The standard InChI is InChI=1S/C14H19BrN2O2/c1-10(19-13-6-4-11(15)5-7-13)14(18)17-12-3-2-8-16-9-12/h4-7,10,12,16H,2-3,8-9H2,1H3,(H,17,18)/t10?,12-/m0/s1. The minimum absolute atomic E-state index is 0.0587. The molecular weight excluding hydrogens is 308 g/mol. The third-order valence-corrected chi connectivity index (χ3v) is 3.67. The number of piperidine rings is 1. The van der Waals surface area contributed by atoms with Crippen molar-refractivity contribution in [2.24, 2.45) is 0 Å². The van der Waals surface area contributed by atoms with Crippen LogP contribution in [-0.2, 0) is 4.79 Å². The molecule has 104 valence electrons. The van der Waals surface area contributed by atoms with Gasteiger partial charge < -0.3 is 15.4 Å². The summed E-state index contributed by atoms with van der Waals surface area (Å²) in [6.45, 7) is 3.65. The van der Waals surface area contributed by atoms with Crippen LogP contribution in [0.5, 0.6) is 5.75 Å². The molecule has 1 saturated heterocycles. The lowest BCUT2D eigenvalue weighted by molar-refractivity contribution is -0.128. The van der Waals surface area contributed by atoms with Crippen LogP contribution in [0, 0.1) is 0 Å². The minimum atomic E-state index is -0.483. The van der Waals surface area contributed by atoms with Gasteiger partial charge >= 0.3 is 0 Å². The Bertz CT molecular complexity index is 416. The third kappa shape index (κ3) is 4.51. The van der Waals surface area contributed by atoms with Crippen molar-refractivity contribution >= 4 is 21.8 Å². The molecule has 1 fully saturated rings. The highest BCUT2D eigenvalue weighted by atomic mass is 79.9. The molecule has 1 heterocycles. The first-order chi connectivity index (χ1) is 9.15. The summed E-state index contributed by atoms with van der Waals surface area (Å²) in [5, 5.41) is 6.29. The molecule has 0 saturated carbocycles. The second-order valence-corrected chi connectivity index (χ2v) is 5.68. The van der Waals surface area contributed by atoms with E-state index in [4.69, 9.17) is 4.74 Å². The Morgan fingerprint density at radius 1 is 1.47 bits per heavy atom. The molecule has 19 heavy (non-hydrogen) atoms. The number of ether oxygens (including phenoxy) is 1. The normalized spacial score (nSPS) is 20.6. The molecule has 2 atom stereocenters. The molecule has 1 aliphatic heterocycles. The Balaban J connectivity index is 1.83. The van der Waals surface area contributed by atoms with Gasteiger partial charge in [-0.2, -0.15) is 0 Å². The van der Waals surface area contributed by atoms with Crippen molar-refractivity contribution < 1.29 is 9.53 Å². The summed E-state index contributed by atoms with van der Waals surface area (Å²) >= 11 is 3.36. The predicted molar refractivity (Wildman–Crippen MR) is 78.3 cm³/mol. The number of hydrogen-bond acceptors (Lipinski definition) is 3. The Morgan fingerprint density at radius 3 is 2.84 bits per heavy atom. The zero-order chi connectivity index (χ0) is 13.7. The molecule has 0 radical (unpaired) electrons. The van der Waals surface area contributed by atoms with Gasteiger partial charge in [0, 0.05) is 17.1 Å². The first kappa shape index (κ1) is 14.3. The van der Waals surface area contributed by atoms with Gasteiger partial charge in [-0.25, -0.2) is 0 Å². The van der Waals surface area contributed by atoms with Crippen molar-refractivity contribution in [3.8, 4) is 5.75 Å². The van der Waals surface area contributed by atoms with Crippen LogP contribution in [0.25, 0.3) is 0 Å². The first-order valence-corrected chi connectivity index (χ1v) is 7.38. The number of carbonyl (C=O) groups excluding carboxylic acids is 1. The van der Waals surface area contributed by atoms with E-state index in [1.165, 1.54) is 0 Å². The Hall–Kier alpha value is -1.07. The molecule has 4 nitrogen and oxygen atoms in total. The van der Waals surface area contributed by atoms with E-state index < -0.39 is 6.10 Å². The van der Waals surface area contributed by atoms with Crippen molar-refractivity contribution in [2.75, 3.05) is 13.1 Å². The maximum absolute atomic E-state index is 12.0. The van der Waals surface area contributed by atoms with E-state index in [1.54, 1.807) is 6.92 Å². The molecule has 2 N–H and O–H groups in total. The van der Waals surface area contributed by atoms with Crippen molar-refractivity contribution in [1.82, 2.24) is 10.6 Å². The van der Waals surface area contributed by atoms with Crippen molar-refractivity contribution in [3.63, 3.8) is 0 Å². The second-order valence-electron chi connectivity index (χ2n) is 4.77. The molecule has 1 aromatic carbocycles. The topological polar surface area (TPSA) is 50.4 Å². The smallest absolute Gasteiger partial charge is 0.261 e. The van der Waals surface area contributed by atoms with Gasteiger partial charge in [0.1, 0.15) is 5.75 Å². The van der Waals surface area contributed by atoms with Crippen LogP contribution in [0.15, 0.2) is 28.7 Å². The number of halogens is 1. The maximum atomic E-state index is 12.0. The van der Waals surface area contributed by atoms with E-state index in [9.17, 15) is 4.79 Å². The summed E-state index contributed by atoms with van der Waals surface area (Å²) in [7, 11) is 0. The number of nitrogens with one attached hydrogen (secondary N) is 2. The molecule has 1 amide bonds. The van der Waals surface area contributed by atoms with Crippen LogP contribution in [0.1, 0.15) is 19.8 Å². The van der Waals surface area contributed by atoms with Gasteiger partial charge in [0.25, 0.3) is 5.91 Å². The summed E-state index contributed by atoms with van der Waals surface area (Å²) in [5.74, 6) is 0.643. The maximum Gasteiger partial charge on any atom is 0.261 e. The number of hydrogen-bond donors (Lipinski definition) is 2. The average molecular weight is 327 g/mol. The lowest BCUT2D eigenvalue weighted by Gasteiger charge is -2.25. The molecular formula is C14H19BrN2O2. The van der Waals surface area contributed by atoms with Gasteiger partial charge in [-0.3, -0.25) is 4.79 Å². The van der Waals surface area contributed by atoms with Crippen LogP contribution in [0.4, 0.5) is 0 Å². The molecule has 0 spiro atoms. The quantitative estimate of drug-likeness (QED) is 0.890. The van der Waals surface area contributed by atoms with E-state index in [2.05, 4.69) is 26.6 Å². The Morgan fingerprint density at radius 2 is 2.21 bits per heavy atom. The summed E-state index contributed by atoms with van der Waals surface area (Å²) in [6.07, 6.45) is 1.65. The summed E-state index contributed by atoms with van der Waals surface area (Å²) in [5.41, 5.74) is 0. The fraction of sp³-hybridized carbons (Fsp3) is 0.500. The molecule has 0 bridgehead atoms.